The van der Waals surface area contributed by atoms with Crippen LogP contribution in [0.25, 0.3) is 0 Å². The molecule has 45 valence electrons. The van der Waals surface area contributed by atoms with Crippen molar-refractivity contribution >= 4 is 5.97 Å². The van der Waals surface area contributed by atoms with E-state index >= 15 is 0 Å². The van der Waals surface area contributed by atoms with E-state index in [1.54, 1.807) is 0 Å². The Balaban J connectivity index is 2.39. The maximum Gasteiger partial charge on any atom is 0.308 e. The van der Waals surface area contributed by atoms with Gasteiger partial charge in [-0.15, -0.1) is 0 Å². The lowest BCUT2D eigenvalue weighted by atomic mass is 10.0. The number of ether oxygens (including phenoxy) is 1. The average molecular weight is 113 g/mol. The van der Waals surface area contributed by atoms with E-state index in [0.29, 0.717) is 6.61 Å². The van der Waals surface area contributed by atoms with Gasteiger partial charge in [-0.2, -0.15) is 0 Å². The molecule has 1 radical (unpaired) electrons. The Morgan fingerprint density at radius 2 is 2.50 bits per heavy atom. The van der Waals surface area contributed by atoms with Crippen LogP contribution in [0.1, 0.15) is 12.8 Å². The third-order valence-corrected chi connectivity index (χ3v) is 1.27. The molecule has 0 spiro atoms. The fraction of sp³-hybridized carbons (Fsp3) is 0.667. The summed E-state index contributed by atoms with van der Waals surface area (Å²) in [7, 11) is 0. The summed E-state index contributed by atoms with van der Waals surface area (Å²) in [6, 6.07) is 0. The van der Waals surface area contributed by atoms with Crippen LogP contribution in [-0.2, 0) is 9.53 Å². The van der Waals surface area contributed by atoms with Gasteiger partial charge >= 0.3 is 5.97 Å². The van der Waals surface area contributed by atoms with Crippen molar-refractivity contribution < 1.29 is 9.53 Å². The van der Waals surface area contributed by atoms with Crippen molar-refractivity contribution in [1.29, 1.82) is 0 Å². The summed E-state index contributed by atoms with van der Waals surface area (Å²) < 4.78 is 4.69. The molecule has 1 atom stereocenters. The molecule has 0 aliphatic carbocycles. The van der Waals surface area contributed by atoms with Crippen LogP contribution in [0, 0.1) is 12.8 Å². The molecule has 0 bridgehead atoms. The SMILES string of the molecule is [CH2]C1CCCOC1=O. The van der Waals surface area contributed by atoms with Gasteiger partial charge in [0.1, 0.15) is 0 Å². The summed E-state index contributed by atoms with van der Waals surface area (Å²) >= 11 is 0. The molecule has 0 aromatic heterocycles. The first-order chi connectivity index (χ1) is 3.80. The Morgan fingerprint density at radius 3 is 2.88 bits per heavy atom. The normalized spacial score (nSPS) is 29.6. The molecule has 2 nitrogen and oxygen atoms in total. The van der Waals surface area contributed by atoms with Gasteiger partial charge in [0, 0.05) is 0 Å². The van der Waals surface area contributed by atoms with Crippen LogP contribution in [0.5, 0.6) is 0 Å². The molecule has 1 fully saturated rings. The second-order valence-corrected chi connectivity index (χ2v) is 2.01. The number of rotatable bonds is 0. The summed E-state index contributed by atoms with van der Waals surface area (Å²) in [5.41, 5.74) is 0. The topological polar surface area (TPSA) is 26.3 Å². The molecular weight excluding hydrogens is 104 g/mol. The summed E-state index contributed by atoms with van der Waals surface area (Å²) in [5.74, 6) is -0.250. The number of carbonyl (C=O) groups excluding carboxylic acids is 1. The third-order valence-electron chi connectivity index (χ3n) is 1.27. The van der Waals surface area contributed by atoms with Crippen molar-refractivity contribution in [1.82, 2.24) is 0 Å². The Morgan fingerprint density at radius 1 is 1.75 bits per heavy atom. The zero-order valence-corrected chi connectivity index (χ0v) is 4.72. The molecule has 0 aromatic carbocycles. The van der Waals surface area contributed by atoms with Crippen LogP contribution in [0.2, 0.25) is 0 Å². The van der Waals surface area contributed by atoms with Crippen LogP contribution in [0.3, 0.4) is 0 Å². The monoisotopic (exact) mass is 113 g/mol. The highest BCUT2D eigenvalue weighted by molar-refractivity contribution is 5.73. The number of hydrogen-bond acceptors (Lipinski definition) is 2. The van der Waals surface area contributed by atoms with Gasteiger partial charge in [-0.25, -0.2) is 0 Å². The Hall–Kier alpha value is -0.530. The standard InChI is InChI=1S/C6H9O2/c1-5-3-2-4-8-6(5)7/h5H,1-4H2. The van der Waals surface area contributed by atoms with Gasteiger partial charge in [-0.05, 0) is 19.8 Å². The smallest absolute Gasteiger partial charge is 0.308 e. The highest BCUT2D eigenvalue weighted by atomic mass is 16.5. The van der Waals surface area contributed by atoms with Crippen molar-refractivity contribution in [3.8, 4) is 0 Å². The fourth-order valence-electron chi connectivity index (χ4n) is 0.738. The van der Waals surface area contributed by atoms with E-state index in [1.165, 1.54) is 0 Å². The maximum absolute atomic E-state index is 10.5. The molecule has 0 N–H and O–H groups in total. The minimum Gasteiger partial charge on any atom is -0.465 e. The highest BCUT2D eigenvalue weighted by Gasteiger charge is 2.18. The number of hydrogen-bond donors (Lipinski definition) is 0. The third kappa shape index (κ3) is 0.997. The van der Waals surface area contributed by atoms with Crippen molar-refractivity contribution in [2.45, 2.75) is 12.8 Å². The lowest BCUT2D eigenvalue weighted by Crippen LogP contribution is -2.21. The second kappa shape index (κ2) is 2.16. The number of esters is 1. The molecular formula is C6H9O2. The Labute approximate surface area is 48.8 Å². The summed E-state index contributed by atoms with van der Waals surface area (Å²) in [6.07, 6.45) is 1.86. The van der Waals surface area contributed by atoms with Gasteiger partial charge < -0.3 is 4.74 Å². The molecule has 0 saturated carbocycles. The largest absolute Gasteiger partial charge is 0.465 e. The van der Waals surface area contributed by atoms with Crippen LogP contribution >= 0.6 is 0 Å². The first-order valence-electron chi connectivity index (χ1n) is 2.80. The second-order valence-electron chi connectivity index (χ2n) is 2.01. The van der Waals surface area contributed by atoms with Gasteiger partial charge in [0.15, 0.2) is 0 Å². The fourth-order valence-corrected chi connectivity index (χ4v) is 0.738. The van der Waals surface area contributed by atoms with Gasteiger partial charge in [0.25, 0.3) is 0 Å². The molecule has 0 amide bonds. The maximum atomic E-state index is 10.5. The van der Waals surface area contributed by atoms with Crippen LogP contribution < -0.4 is 0 Å². The predicted octanol–water partition coefficient (Wildman–Crippen LogP) is 0.774. The minimum absolute atomic E-state index is 0.108. The Bertz CT molecular complexity index is 98.7. The van der Waals surface area contributed by atoms with E-state index in [0.717, 1.165) is 12.8 Å². The van der Waals surface area contributed by atoms with Gasteiger partial charge in [-0.1, -0.05) is 0 Å². The molecule has 1 heterocycles. The molecule has 0 aromatic rings. The molecule has 1 saturated heterocycles. The zero-order valence-electron chi connectivity index (χ0n) is 4.72. The number of cyclic esters (lactones) is 1. The molecule has 2 heteroatoms. The zero-order chi connectivity index (χ0) is 5.98. The van der Waals surface area contributed by atoms with Crippen LogP contribution in [-0.4, -0.2) is 12.6 Å². The lowest BCUT2D eigenvalue weighted by Gasteiger charge is -2.15. The molecule has 1 rings (SSSR count). The van der Waals surface area contributed by atoms with E-state index < -0.39 is 0 Å². The molecule has 1 aliphatic heterocycles. The van der Waals surface area contributed by atoms with E-state index in [1.807, 2.05) is 0 Å². The van der Waals surface area contributed by atoms with Crippen molar-refractivity contribution in [2.75, 3.05) is 6.61 Å². The first-order valence-corrected chi connectivity index (χ1v) is 2.80. The van der Waals surface area contributed by atoms with E-state index in [2.05, 4.69) is 11.7 Å². The van der Waals surface area contributed by atoms with E-state index in [4.69, 9.17) is 0 Å². The molecule has 8 heavy (non-hydrogen) atoms. The van der Waals surface area contributed by atoms with Crippen molar-refractivity contribution in [3.63, 3.8) is 0 Å². The van der Waals surface area contributed by atoms with Gasteiger partial charge in [0.2, 0.25) is 0 Å². The Kier molecular flexibility index (Phi) is 1.51. The average Bonchev–Trinajstić information content (AvgIpc) is 1.77. The molecule has 1 unspecified atom stereocenters. The summed E-state index contributed by atoms with van der Waals surface area (Å²) in [4.78, 5) is 10.5. The van der Waals surface area contributed by atoms with Crippen LogP contribution in [0.15, 0.2) is 0 Å². The quantitative estimate of drug-likeness (QED) is 0.434. The van der Waals surface area contributed by atoms with Gasteiger partial charge in [-0.3, -0.25) is 4.79 Å². The summed E-state index contributed by atoms with van der Waals surface area (Å²) in [5, 5.41) is 0. The van der Waals surface area contributed by atoms with Crippen LogP contribution in [0.4, 0.5) is 0 Å². The van der Waals surface area contributed by atoms with E-state index in [9.17, 15) is 4.79 Å². The minimum atomic E-state index is -0.142. The molecule has 1 aliphatic rings. The van der Waals surface area contributed by atoms with Gasteiger partial charge in [0.05, 0.1) is 12.5 Å². The van der Waals surface area contributed by atoms with Crippen molar-refractivity contribution in [3.05, 3.63) is 6.92 Å². The van der Waals surface area contributed by atoms with E-state index in [-0.39, 0.29) is 11.9 Å². The number of carbonyl (C=O) groups is 1. The van der Waals surface area contributed by atoms with Crippen molar-refractivity contribution in [2.24, 2.45) is 5.92 Å². The highest BCUT2D eigenvalue weighted by Crippen LogP contribution is 2.12. The predicted molar refractivity (Wildman–Crippen MR) is 29.0 cm³/mol. The lowest BCUT2D eigenvalue weighted by molar-refractivity contribution is -0.150. The first kappa shape index (κ1) is 5.60. The summed E-state index contributed by atoms with van der Waals surface area (Å²) in [6.45, 7) is 4.19.